The summed E-state index contributed by atoms with van der Waals surface area (Å²) in [4.78, 5) is 24.8. The first-order chi connectivity index (χ1) is 8.95. The molecule has 1 unspecified atom stereocenters. The third-order valence-electron chi connectivity index (χ3n) is 2.74. The van der Waals surface area contributed by atoms with Crippen molar-refractivity contribution in [1.82, 2.24) is 4.90 Å². The molecule has 0 aliphatic heterocycles. The topological polar surface area (TPSA) is 66.8 Å². The number of carboxylic acid groups (broad SMARTS) is 1. The van der Waals surface area contributed by atoms with Crippen molar-refractivity contribution in [3.63, 3.8) is 0 Å². The summed E-state index contributed by atoms with van der Waals surface area (Å²) >= 11 is 1.35. The molecule has 1 aromatic rings. The zero-order valence-corrected chi connectivity index (χ0v) is 11.9. The van der Waals surface area contributed by atoms with Crippen molar-refractivity contribution >= 4 is 23.6 Å². The fourth-order valence-electron chi connectivity index (χ4n) is 1.32. The Labute approximate surface area is 116 Å². The van der Waals surface area contributed by atoms with Gasteiger partial charge in [-0.15, -0.1) is 11.8 Å². The molecular weight excluding hydrogens is 266 g/mol. The molecule has 0 saturated carbocycles. The van der Waals surface area contributed by atoms with E-state index in [4.69, 9.17) is 9.84 Å². The highest BCUT2D eigenvalue weighted by Gasteiger charge is 2.21. The number of hydrogen-bond acceptors (Lipinski definition) is 4. The number of amides is 1. The lowest BCUT2D eigenvalue weighted by molar-refractivity contribution is -0.147. The van der Waals surface area contributed by atoms with Gasteiger partial charge in [0.1, 0.15) is 11.8 Å². The zero-order valence-electron chi connectivity index (χ0n) is 11.1. The molecule has 104 valence electrons. The molecule has 0 fully saturated rings. The molecular formula is C13H17NO4S. The number of benzene rings is 1. The van der Waals surface area contributed by atoms with Crippen LogP contribution in [-0.4, -0.2) is 47.8 Å². The number of thioether (sulfide) groups is 1. The minimum Gasteiger partial charge on any atom is -0.497 e. The number of likely N-dealkylation sites (N-methyl/N-ethyl adjacent to an activating group) is 1. The number of nitrogens with zero attached hydrogens (tertiary/aromatic N) is 1. The van der Waals surface area contributed by atoms with Gasteiger partial charge in [0.05, 0.1) is 12.9 Å². The van der Waals surface area contributed by atoms with Crippen molar-refractivity contribution < 1.29 is 19.4 Å². The summed E-state index contributed by atoms with van der Waals surface area (Å²) < 4.78 is 5.09. The molecule has 0 bridgehead atoms. The van der Waals surface area contributed by atoms with Crippen LogP contribution in [0.15, 0.2) is 29.2 Å². The molecule has 6 heteroatoms. The molecule has 0 heterocycles. The third-order valence-corrected chi connectivity index (χ3v) is 3.71. The van der Waals surface area contributed by atoms with Gasteiger partial charge in [-0.3, -0.25) is 4.79 Å². The summed E-state index contributed by atoms with van der Waals surface area (Å²) in [5.41, 5.74) is 0. The molecule has 0 spiro atoms. The smallest absolute Gasteiger partial charge is 0.326 e. The van der Waals surface area contributed by atoms with Crippen molar-refractivity contribution in [1.29, 1.82) is 0 Å². The zero-order chi connectivity index (χ0) is 14.4. The third kappa shape index (κ3) is 4.48. The average Bonchev–Trinajstić information content (AvgIpc) is 2.43. The quantitative estimate of drug-likeness (QED) is 0.805. The number of hydrogen-bond donors (Lipinski definition) is 1. The normalized spacial score (nSPS) is 11.7. The Morgan fingerprint density at radius 1 is 1.47 bits per heavy atom. The van der Waals surface area contributed by atoms with Crippen molar-refractivity contribution in [2.75, 3.05) is 19.9 Å². The lowest BCUT2D eigenvalue weighted by Crippen LogP contribution is -2.41. The monoisotopic (exact) mass is 283 g/mol. The van der Waals surface area contributed by atoms with Crippen LogP contribution in [0.3, 0.4) is 0 Å². The fraction of sp³-hybridized carbons (Fsp3) is 0.385. The summed E-state index contributed by atoms with van der Waals surface area (Å²) in [5.74, 6) is -0.309. The summed E-state index contributed by atoms with van der Waals surface area (Å²) in [6.07, 6.45) is 0. The Morgan fingerprint density at radius 3 is 2.74 bits per heavy atom. The van der Waals surface area contributed by atoms with E-state index in [2.05, 4.69) is 0 Å². The number of carbonyl (C=O) groups excluding carboxylic acids is 1. The SMILES string of the molecule is COc1cccc(SCC(=O)N(C)C(C)C(=O)O)c1. The van der Waals surface area contributed by atoms with Gasteiger partial charge < -0.3 is 14.7 Å². The molecule has 5 nitrogen and oxygen atoms in total. The highest BCUT2D eigenvalue weighted by atomic mass is 32.2. The standard InChI is InChI=1S/C13H17NO4S/c1-9(13(16)17)14(2)12(15)8-19-11-6-4-5-10(7-11)18-3/h4-7,9H,8H2,1-3H3,(H,16,17). The van der Waals surface area contributed by atoms with Crippen LogP contribution >= 0.6 is 11.8 Å². The Hall–Kier alpha value is -1.69. The second-order valence-electron chi connectivity index (χ2n) is 3.99. The second kappa shape index (κ2) is 7.04. The molecule has 1 aromatic carbocycles. The Balaban J connectivity index is 2.56. The lowest BCUT2D eigenvalue weighted by Gasteiger charge is -2.21. The average molecular weight is 283 g/mol. The van der Waals surface area contributed by atoms with E-state index in [1.165, 1.54) is 30.6 Å². The van der Waals surface area contributed by atoms with E-state index in [9.17, 15) is 9.59 Å². The van der Waals surface area contributed by atoms with E-state index < -0.39 is 12.0 Å². The summed E-state index contributed by atoms with van der Waals surface area (Å²) in [6.45, 7) is 1.48. The minimum atomic E-state index is -1.01. The van der Waals surface area contributed by atoms with Crippen molar-refractivity contribution in [2.45, 2.75) is 17.9 Å². The number of methoxy groups -OCH3 is 1. The lowest BCUT2D eigenvalue weighted by atomic mass is 10.3. The van der Waals surface area contributed by atoms with E-state index in [1.807, 2.05) is 24.3 Å². The van der Waals surface area contributed by atoms with Crippen LogP contribution in [0, 0.1) is 0 Å². The van der Waals surface area contributed by atoms with Crippen LogP contribution in [0.25, 0.3) is 0 Å². The van der Waals surface area contributed by atoms with Crippen LogP contribution in [0.5, 0.6) is 5.75 Å². The first kappa shape index (κ1) is 15.4. The van der Waals surface area contributed by atoms with E-state index in [-0.39, 0.29) is 11.7 Å². The van der Waals surface area contributed by atoms with Crippen molar-refractivity contribution in [2.24, 2.45) is 0 Å². The van der Waals surface area contributed by atoms with Crippen molar-refractivity contribution in [3.8, 4) is 5.75 Å². The summed E-state index contributed by atoms with van der Waals surface area (Å²) in [5, 5.41) is 8.84. The van der Waals surface area contributed by atoms with Crippen LogP contribution in [0.1, 0.15) is 6.92 Å². The highest BCUT2D eigenvalue weighted by Crippen LogP contribution is 2.23. The first-order valence-corrected chi connectivity index (χ1v) is 6.69. The summed E-state index contributed by atoms with van der Waals surface area (Å²) in [6, 6.07) is 6.55. The molecule has 0 saturated heterocycles. The number of aliphatic carboxylic acids is 1. The Bertz CT molecular complexity index is 464. The van der Waals surface area contributed by atoms with Gasteiger partial charge in [-0.2, -0.15) is 0 Å². The van der Waals surface area contributed by atoms with Gasteiger partial charge in [-0.05, 0) is 25.1 Å². The van der Waals surface area contributed by atoms with Crippen molar-refractivity contribution in [3.05, 3.63) is 24.3 Å². The maximum absolute atomic E-state index is 11.8. The molecule has 1 amide bonds. The molecule has 1 rings (SSSR count). The number of ether oxygens (including phenoxy) is 1. The van der Waals surface area contributed by atoms with E-state index in [1.54, 1.807) is 7.11 Å². The highest BCUT2D eigenvalue weighted by molar-refractivity contribution is 8.00. The van der Waals surface area contributed by atoms with E-state index in [0.717, 1.165) is 10.6 Å². The van der Waals surface area contributed by atoms with Gasteiger partial charge in [0.2, 0.25) is 5.91 Å². The number of rotatable bonds is 6. The number of carboxylic acids is 1. The van der Waals surface area contributed by atoms with E-state index >= 15 is 0 Å². The molecule has 0 radical (unpaired) electrons. The largest absolute Gasteiger partial charge is 0.497 e. The molecule has 0 aliphatic rings. The van der Waals surface area contributed by atoms with E-state index in [0.29, 0.717) is 0 Å². The molecule has 1 N–H and O–H groups in total. The second-order valence-corrected chi connectivity index (χ2v) is 5.04. The van der Waals surface area contributed by atoms with Crippen LogP contribution < -0.4 is 4.74 Å². The van der Waals surface area contributed by atoms with Gasteiger partial charge >= 0.3 is 5.97 Å². The van der Waals surface area contributed by atoms with Crippen LogP contribution in [-0.2, 0) is 9.59 Å². The Morgan fingerprint density at radius 2 is 2.16 bits per heavy atom. The first-order valence-electron chi connectivity index (χ1n) is 5.71. The minimum absolute atomic E-state index is 0.196. The number of carbonyl (C=O) groups is 2. The van der Waals surface area contributed by atoms with Gasteiger partial charge in [0.15, 0.2) is 0 Å². The Kier molecular flexibility index (Phi) is 5.69. The van der Waals surface area contributed by atoms with Crippen LogP contribution in [0.4, 0.5) is 0 Å². The maximum atomic E-state index is 11.8. The van der Waals surface area contributed by atoms with Gasteiger partial charge in [-0.25, -0.2) is 4.79 Å². The predicted octanol–water partition coefficient (Wildman–Crippen LogP) is 1.72. The molecule has 0 aliphatic carbocycles. The van der Waals surface area contributed by atoms with Gasteiger partial charge in [0, 0.05) is 11.9 Å². The van der Waals surface area contributed by atoms with Gasteiger partial charge in [-0.1, -0.05) is 6.07 Å². The summed E-state index contributed by atoms with van der Waals surface area (Å²) in [7, 11) is 3.07. The van der Waals surface area contributed by atoms with Gasteiger partial charge in [0.25, 0.3) is 0 Å². The fourth-order valence-corrected chi connectivity index (χ4v) is 2.19. The molecule has 1 atom stereocenters. The molecule has 0 aromatic heterocycles. The maximum Gasteiger partial charge on any atom is 0.326 e. The van der Waals surface area contributed by atoms with Crippen LogP contribution in [0.2, 0.25) is 0 Å². The predicted molar refractivity (Wildman–Crippen MR) is 73.6 cm³/mol. The molecule has 19 heavy (non-hydrogen) atoms.